The highest BCUT2D eigenvalue weighted by Crippen LogP contribution is 2.24. The van der Waals surface area contributed by atoms with Crippen molar-refractivity contribution in [3.63, 3.8) is 0 Å². The average Bonchev–Trinajstić information content (AvgIpc) is 3.17. The zero-order valence-electron chi connectivity index (χ0n) is 16.7. The molecule has 0 unspecified atom stereocenters. The van der Waals surface area contributed by atoms with Crippen LogP contribution in [0.25, 0.3) is 22.5 Å². The number of aromatic nitrogens is 4. The van der Waals surface area contributed by atoms with Gasteiger partial charge in [-0.15, -0.1) is 0 Å². The Kier molecular flexibility index (Phi) is 5.66. The van der Waals surface area contributed by atoms with Crippen molar-refractivity contribution in [2.45, 2.75) is 26.3 Å². The van der Waals surface area contributed by atoms with Gasteiger partial charge in [-0.25, -0.2) is 14.5 Å². The van der Waals surface area contributed by atoms with E-state index in [0.29, 0.717) is 12.0 Å². The lowest BCUT2D eigenvalue weighted by molar-refractivity contribution is 0.0697. The number of hydrogen-bond donors (Lipinski definition) is 1. The molecule has 6 heteroatoms. The van der Waals surface area contributed by atoms with Crippen LogP contribution in [0.15, 0.2) is 73.1 Å². The van der Waals surface area contributed by atoms with E-state index in [4.69, 9.17) is 10.1 Å². The number of pyridine rings is 1. The van der Waals surface area contributed by atoms with Crippen LogP contribution < -0.4 is 0 Å². The Balaban J connectivity index is 1.61. The zero-order valence-corrected chi connectivity index (χ0v) is 16.7. The minimum atomic E-state index is -0.983. The van der Waals surface area contributed by atoms with Crippen molar-refractivity contribution < 1.29 is 9.90 Å². The molecule has 30 heavy (non-hydrogen) atoms. The monoisotopic (exact) mass is 398 g/mol. The Bertz CT molecular complexity index is 1150. The van der Waals surface area contributed by atoms with Gasteiger partial charge in [-0.05, 0) is 29.2 Å². The van der Waals surface area contributed by atoms with Gasteiger partial charge in [0.05, 0.1) is 5.56 Å². The van der Waals surface area contributed by atoms with Crippen molar-refractivity contribution in [2.24, 2.45) is 0 Å². The fraction of sp³-hybridized carbons (Fsp3) is 0.167. The molecule has 4 rings (SSSR count). The average molecular weight is 398 g/mol. The van der Waals surface area contributed by atoms with E-state index in [1.54, 1.807) is 12.3 Å². The second-order valence-electron chi connectivity index (χ2n) is 7.04. The van der Waals surface area contributed by atoms with Crippen molar-refractivity contribution in [1.82, 2.24) is 19.7 Å². The molecule has 0 spiro atoms. The van der Waals surface area contributed by atoms with Gasteiger partial charge in [0.2, 0.25) is 0 Å². The number of carbonyl (C=O) groups is 1. The fourth-order valence-electron chi connectivity index (χ4n) is 3.41. The topological polar surface area (TPSA) is 80.9 Å². The van der Waals surface area contributed by atoms with Crippen LogP contribution in [-0.2, 0) is 13.0 Å². The summed E-state index contributed by atoms with van der Waals surface area (Å²) >= 11 is 0. The van der Waals surface area contributed by atoms with Crippen molar-refractivity contribution in [1.29, 1.82) is 0 Å². The maximum atomic E-state index is 11.5. The third-order valence-corrected chi connectivity index (χ3v) is 4.89. The molecule has 150 valence electrons. The second kappa shape index (κ2) is 8.69. The summed E-state index contributed by atoms with van der Waals surface area (Å²) in [6.45, 7) is 2.93. The smallest absolute Gasteiger partial charge is 0.337 e. The largest absolute Gasteiger partial charge is 0.478 e. The van der Waals surface area contributed by atoms with E-state index in [9.17, 15) is 9.90 Å². The van der Waals surface area contributed by atoms with Crippen molar-refractivity contribution in [3.05, 3.63) is 90.0 Å². The van der Waals surface area contributed by atoms with Gasteiger partial charge < -0.3 is 5.11 Å². The summed E-state index contributed by atoms with van der Waals surface area (Å²) < 4.78 is 1.97. The van der Waals surface area contributed by atoms with Crippen LogP contribution in [0.4, 0.5) is 0 Å². The maximum Gasteiger partial charge on any atom is 0.337 e. The van der Waals surface area contributed by atoms with E-state index >= 15 is 0 Å². The highest BCUT2D eigenvalue weighted by molar-refractivity contribution is 5.95. The molecule has 0 aliphatic rings. The number of carboxylic acids is 1. The molecule has 4 aromatic rings. The summed E-state index contributed by atoms with van der Waals surface area (Å²) in [6, 6.07) is 19.6. The number of aryl methyl sites for hydroxylation is 1. The number of carboxylic acid groups (broad SMARTS) is 1. The van der Waals surface area contributed by atoms with E-state index in [0.717, 1.165) is 41.3 Å². The fourth-order valence-corrected chi connectivity index (χ4v) is 3.41. The quantitative estimate of drug-likeness (QED) is 0.488. The SMILES string of the molecule is CCCn1nc(-c2ccccc2)nc1Cc1ccc(-c2ccncc2C(=O)O)cc1. The van der Waals surface area contributed by atoms with E-state index < -0.39 is 5.97 Å². The van der Waals surface area contributed by atoms with E-state index in [-0.39, 0.29) is 5.56 Å². The van der Waals surface area contributed by atoms with Gasteiger partial charge in [-0.1, -0.05) is 61.5 Å². The Morgan fingerprint density at radius 3 is 2.47 bits per heavy atom. The van der Waals surface area contributed by atoms with Crippen molar-refractivity contribution in [3.8, 4) is 22.5 Å². The molecule has 0 saturated heterocycles. The van der Waals surface area contributed by atoms with E-state index in [1.165, 1.54) is 6.20 Å². The van der Waals surface area contributed by atoms with Crippen LogP contribution in [0.2, 0.25) is 0 Å². The first-order valence-corrected chi connectivity index (χ1v) is 9.91. The molecular weight excluding hydrogens is 376 g/mol. The van der Waals surface area contributed by atoms with Crippen LogP contribution in [0, 0.1) is 0 Å². The molecule has 0 atom stereocenters. The predicted molar refractivity (Wildman–Crippen MR) is 115 cm³/mol. The molecule has 0 radical (unpaired) electrons. The first kappa shape index (κ1) is 19.5. The summed E-state index contributed by atoms with van der Waals surface area (Å²) in [5, 5.41) is 14.1. The van der Waals surface area contributed by atoms with Crippen molar-refractivity contribution >= 4 is 5.97 Å². The summed E-state index contributed by atoms with van der Waals surface area (Å²) in [4.78, 5) is 20.2. The molecule has 2 aromatic heterocycles. The lowest BCUT2D eigenvalue weighted by atomic mass is 10.00. The van der Waals surface area contributed by atoms with Gasteiger partial charge in [0, 0.05) is 30.9 Å². The second-order valence-corrected chi connectivity index (χ2v) is 7.04. The van der Waals surface area contributed by atoms with Gasteiger partial charge in [0.15, 0.2) is 5.82 Å². The molecule has 0 aliphatic carbocycles. The molecular formula is C24H22N4O2. The van der Waals surface area contributed by atoms with Crippen LogP contribution in [0.1, 0.15) is 35.1 Å². The van der Waals surface area contributed by atoms with Gasteiger partial charge in [0.1, 0.15) is 5.82 Å². The Morgan fingerprint density at radius 2 is 1.77 bits per heavy atom. The highest BCUT2D eigenvalue weighted by Gasteiger charge is 2.14. The molecule has 0 aliphatic heterocycles. The minimum Gasteiger partial charge on any atom is -0.478 e. The Hall–Kier alpha value is -3.80. The lowest BCUT2D eigenvalue weighted by Crippen LogP contribution is -2.06. The number of nitrogens with zero attached hydrogens (tertiary/aromatic N) is 4. The minimum absolute atomic E-state index is 0.195. The molecule has 0 bridgehead atoms. The molecule has 2 aromatic carbocycles. The summed E-state index contributed by atoms with van der Waals surface area (Å²) in [6.07, 6.45) is 4.61. The number of rotatable bonds is 7. The first-order valence-electron chi connectivity index (χ1n) is 9.91. The normalized spacial score (nSPS) is 10.8. The summed E-state index contributed by atoms with van der Waals surface area (Å²) in [7, 11) is 0. The Labute approximate surface area is 174 Å². The molecule has 6 nitrogen and oxygen atoms in total. The third kappa shape index (κ3) is 4.12. The standard InChI is InChI=1S/C24H22N4O2/c1-2-14-28-22(26-23(27-28)19-6-4-3-5-7-19)15-17-8-10-18(11-9-17)20-12-13-25-16-21(20)24(29)30/h3-13,16H,2,14-15H2,1H3,(H,29,30). The van der Waals surface area contributed by atoms with Gasteiger partial charge >= 0.3 is 5.97 Å². The van der Waals surface area contributed by atoms with E-state index in [2.05, 4.69) is 11.9 Å². The predicted octanol–water partition coefficient (Wildman–Crippen LogP) is 4.71. The Morgan fingerprint density at radius 1 is 1.00 bits per heavy atom. The summed E-state index contributed by atoms with van der Waals surface area (Å²) in [5.74, 6) is 0.667. The maximum absolute atomic E-state index is 11.5. The van der Waals surface area contributed by atoms with Crippen LogP contribution in [0.5, 0.6) is 0 Å². The molecule has 0 fully saturated rings. The van der Waals surface area contributed by atoms with Crippen LogP contribution >= 0.6 is 0 Å². The number of benzene rings is 2. The highest BCUT2D eigenvalue weighted by atomic mass is 16.4. The van der Waals surface area contributed by atoms with Crippen molar-refractivity contribution in [2.75, 3.05) is 0 Å². The summed E-state index contributed by atoms with van der Waals surface area (Å²) in [5.41, 5.74) is 3.79. The van der Waals surface area contributed by atoms with Gasteiger partial charge in [-0.3, -0.25) is 4.98 Å². The molecule has 0 amide bonds. The van der Waals surface area contributed by atoms with Crippen LogP contribution in [0.3, 0.4) is 0 Å². The molecule has 0 saturated carbocycles. The lowest BCUT2D eigenvalue weighted by Gasteiger charge is -2.08. The molecule has 2 heterocycles. The number of hydrogen-bond acceptors (Lipinski definition) is 4. The van der Waals surface area contributed by atoms with E-state index in [1.807, 2.05) is 59.3 Å². The first-order chi connectivity index (χ1) is 14.7. The third-order valence-electron chi connectivity index (χ3n) is 4.89. The van der Waals surface area contributed by atoms with Crippen LogP contribution in [-0.4, -0.2) is 30.8 Å². The zero-order chi connectivity index (χ0) is 20.9. The van der Waals surface area contributed by atoms with Gasteiger partial charge in [-0.2, -0.15) is 5.10 Å². The molecule has 1 N–H and O–H groups in total. The van der Waals surface area contributed by atoms with Gasteiger partial charge in [0.25, 0.3) is 0 Å². The number of aromatic carboxylic acids is 1.